The summed E-state index contributed by atoms with van der Waals surface area (Å²) in [7, 11) is 0. The topological polar surface area (TPSA) is 108 Å². The first-order valence-corrected chi connectivity index (χ1v) is 5.33. The lowest BCUT2D eigenvalue weighted by Gasteiger charge is -2.00. The molecule has 0 aliphatic rings. The van der Waals surface area contributed by atoms with Gasteiger partial charge in [-0.3, -0.25) is 15.1 Å². The molecule has 2 aromatic heterocycles. The summed E-state index contributed by atoms with van der Waals surface area (Å²) in [6, 6.07) is 2.84. The van der Waals surface area contributed by atoms with Gasteiger partial charge in [-0.15, -0.1) is 0 Å². The summed E-state index contributed by atoms with van der Waals surface area (Å²) in [4.78, 5) is 21.8. The fourth-order valence-corrected chi connectivity index (χ4v) is 1.83. The molecule has 2 aromatic rings. The summed E-state index contributed by atoms with van der Waals surface area (Å²) >= 11 is 1.23. The molecule has 17 heavy (non-hydrogen) atoms. The minimum absolute atomic E-state index is 0.108. The van der Waals surface area contributed by atoms with Crippen molar-refractivity contribution in [2.45, 2.75) is 10.1 Å². The fraction of sp³-hybridized carbons (Fsp3) is 0. The molecule has 2 rings (SSSR count). The number of aromatic nitrogens is 3. The summed E-state index contributed by atoms with van der Waals surface area (Å²) in [6.45, 7) is 0. The number of nitro groups is 1. The molecule has 0 spiro atoms. The molecule has 0 fully saturated rings. The van der Waals surface area contributed by atoms with Gasteiger partial charge in [-0.1, -0.05) is 0 Å². The maximum Gasteiger partial charge on any atom is 0.311 e. The predicted octanol–water partition coefficient (Wildman–Crippen LogP) is 1.51. The summed E-state index contributed by atoms with van der Waals surface area (Å²) in [5.74, 6) is -0.108. The minimum Gasteiger partial charge on any atom is -0.378 e. The second-order valence-corrected chi connectivity index (χ2v) is 4.00. The quantitative estimate of drug-likeness (QED) is 0.648. The van der Waals surface area contributed by atoms with E-state index in [1.165, 1.54) is 23.9 Å². The number of pyridine rings is 1. The van der Waals surface area contributed by atoms with Gasteiger partial charge in [-0.25, -0.2) is 9.97 Å². The van der Waals surface area contributed by atoms with Gasteiger partial charge in [-0.2, -0.15) is 0 Å². The second kappa shape index (κ2) is 4.74. The van der Waals surface area contributed by atoms with E-state index < -0.39 is 4.92 Å². The molecule has 0 bridgehead atoms. The summed E-state index contributed by atoms with van der Waals surface area (Å²) < 4.78 is 0. The Labute approximate surface area is 100 Å². The molecule has 0 unspecified atom stereocenters. The van der Waals surface area contributed by atoms with Crippen LogP contribution >= 0.6 is 11.8 Å². The first-order chi connectivity index (χ1) is 8.16. The Kier molecular flexibility index (Phi) is 3.15. The van der Waals surface area contributed by atoms with Crippen LogP contribution in [0.15, 0.2) is 40.8 Å². The minimum atomic E-state index is -0.570. The number of hydrogen-bond acceptors (Lipinski definition) is 7. The highest BCUT2D eigenvalue weighted by molar-refractivity contribution is 7.99. The molecule has 8 heteroatoms. The molecule has 0 saturated carbocycles. The van der Waals surface area contributed by atoms with E-state index in [4.69, 9.17) is 5.73 Å². The van der Waals surface area contributed by atoms with E-state index in [1.807, 2.05) is 0 Å². The van der Waals surface area contributed by atoms with E-state index in [0.29, 0.717) is 10.1 Å². The number of nitrogen functional groups attached to an aromatic ring is 1. The van der Waals surface area contributed by atoms with E-state index in [1.54, 1.807) is 18.6 Å². The molecule has 0 atom stereocenters. The van der Waals surface area contributed by atoms with Gasteiger partial charge in [0.1, 0.15) is 10.1 Å². The third-order valence-corrected chi connectivity index (χ3v) is 2.68. The Morgan fingerprint density at radius 3 is 2.71 bits per heavy atom. The number of rotatable bonds is 3. The van der Waals surface area contributed by atoms with Crippen molar-refractivity contribution in [2.75, 3.05) is 5.73 Å². The molecular weight excluding hydrogens is 242 g/mol. The molecule has 7 nitrogen and oxygen atoms in total. The van der Waals surface area contributed by atoms with Crippen LogP contribution in [0.1, 0.15) is 0 Å². The SMILES string of the molecule is Nc1nc(Sc2cnccn2)ccc1[N+](=O)[O-]. The Bertz CT molecular complexity index is 548. The van der Waals surface area contributed by atoms with Gasteiger partial charge >= 0.3 is 5.69 Å². The zero-order valence-electron chi connectivity index (χ0n) is 8.48. The third kappa shape index (κ3) is 2.67. The van der Waals surface area contributed by atoms with Crippen LogP contribution < -0.4 is 5.73 Å². The first kappa shape index (κ1) is 11.3. The molecule has 0 radical (unpaired) electrons. The van der Waals surface area contributed by atoms with Crippen molar-refractivity contribution in [2.24, 2.45) is 0 Å². The van der Waals surface area contributed by atoms with Crippen molar-refractivity contribution in [3.05, 3.63) is 40.8 Å². The average Bonchev–Trinajstić information content (AvgIpc) is 2.30. The van der Waals surface area contributed by atoms with Crippen LogP contribution in [-0.4, -0.2) is 19.9 Å². The lowest BCUT2D eigenvalue weighted by atomic mass is 10.4. The summed E-state index contributed by atoms with van der Waals surface area (Å²) in [5.41, 5.74) is 5.27. The van der Waals surface area contributed by atoms with E-state index in [9.17, 15) is 10.1 Å². The van der Waals surface area contributed by atoms with Crippen LogP contribution in [0.2, 0.25) is 0 Å². The Morgan fingerprint density at radius 1 is 1.29 bits per heavy atom. The molecule has 0 aliphatic carbocycles. The van der Waals surface area contributed by atoms with Crippen molar-refractivity contribution in [3.8, 4) is 0 Å². The van der Waals surface area contributed by atoms with Gasteiger partial charge in [0, 0.05) is 18.5 Å². The van der Waals surface area contributed by atoms with Gasteiger partial charge in [0.2, 0.25) is 5.82 Å². The Morgan fingerprint density at radius 2 is 2.12 bits per heavy atom. The van der Waals surface area contributed by atoms with Gasteiger partial charge < -0.3 is 5.73 Å². The monoisotopic (exact) mass is 249 g/mol. The molecule has 2 heterocycles. The zero-order chi connectivity index (χ0) is 12.3. The summed E-state index contributed by atoms with van der Waals surface area (Å²) in [5, 5.41) is 11.7. The molecular formula is C9H7N5O2S. The maximum absolute atomic E-state index is 10.5. The molecule has 0 aromatic carbocycles. The van der Waals surface area contributed by atoms with Crippen LogP contribution in [0.4, 0.5) is 11.5 Å². The standard InChI is InChI=1S/C9H7N5O2S/c10-9-6(14(15)16)1-2-7(13-9)17-8-5-11-3-4-12-8/h1-5H,(H2,10,13). The van der Waals surface area contributed by atoms with Crippen molar-refractivity contribution < 1.29 is 4.92 Å². The highest BCUT2D eigenvalue weighted by Crippen LogP contribution is 2.27. The summed E-state index contributed by atoms with van der Waals surface area (Å²) in [6.07, 6.45) is 4.68. The number of nitrogens with two attached hydrogens (primary N) is 1. The number of anilines is 1. The molecule has 0 amide bonds. The van der Waals surface area contributed by atoms with E-state index >= 15 is 0 Å². The van der Waals surface area contributed by atoms with Crippen LogP contribution in [0, 0.1) is 10.1 Å². The van der Waals surface area contributed by atoms with Crippen LogP contribution in [0.5, 0.6) is 0 Å². The molecule has 0 aliphatic heterocycles. The highest BCUT2D eigenvalue weighted by Gasteiger charge is 2.13. The maximum atomic E-state index is 10.5. The Hall–Kier alpha value is -2.22. The van der Waals surface area contributed by atoms with Crippen LogP contribution in [0.25, 0.3) is 0 Å². The third-order valence-electron chi connectivity index (χ3n) is 1.82. The highest BCUT2D eigenvalue weighted by atomic mass is 32.2. The molecule has 86 valence electrons. The normalized spacial score (nSPS) is 10.1. The van der Waals surface area contributed by atoms with Crippen molar-refractivity contribution in [3.63, 3.8) is 0 Å². The van der Waals surface area contributed by atoms with E-state index in [-0.39, 0.29) is 11.5 Å². The lowest BCUT2D eigenvalue weighted by Crippen LogP contribution is -1.98. The molecule has 0 saturated heterocycles. The van der Waals surface area contributed by atoms with Gasteiger partial charge in [0.05, 0.1) is 11.1 Å². The van der Waals surface area contributed by atoms with Crippen LogP contribution in [-0.2, 0) is 0 Å². The average molecular weight is 249 g/mol. The van der Waals surface area contributed by atoms with Gasteiger partial charge in [-0.05, 0) is 17.8 Å². The molecule has 2 N–H and O–H groups in total. The zero-order valence-corrected chi connectivity index (χ0v) is 9.29. The van der Waals surface area contributed by atoms with Crippen molar-refractivity contribution in [1.29, 1.82) is 0 Å². The lowest BCUT2D eigenvalue weighted by molar-refractivity contribution is -0.384. The van der Waals surface area contributed by atoms with Gasteiger partial charge in [0.15, 0.2) is 0 Å². The van der Waals surface area contributed by atoms with Crippen molar-refractivity contribution >= 4 is 23.3 Å². The first-order valence-electron chi connectivity index (χ1n) is 4.51. The number of hydrogen-bond donors (Lipinski definition) is 1. The van der Waals surface area contributed by atoms with Crippen molar-refractivity contribution in [1.82, 2.24) is 15.0 Å². The van der Waals surface area contributed by atoms with E-state index in [2.05, 4.69) is 15.0 Å². The van der Waals surface area contributed by atoms with Gasteiger partial charge in [0.25, 0.3) is 0 Å². The smallest absolute Gasteiger partial charge is 0.311 e. The second-order valence-electron chi connectivity index (χ2n) is 2.96. The van der Waals surface area contributed by atoms with Crippen LogP contribution in [0.3, 0.4) is 0 Å². The Balaban J connectivity index is 2.24. The van der Waals surface area contributed by atoms with E-state index in [0.717, 1.165) is 0 Å². The number of nitrogens with zero attached hydrogens (tertiary/aromatic N) is 4. The predicted molar refractivity (Wildman–Crippen MR) is 61.5 cm³/mol. The largest absolute Gasteiger partial charge is 0.378 e. The fourth-order valence-electron chi connectivity index (χ4n) is 1.11.